The molecule has 0 aromatic heterocycles. The van der Waals surface area contributed by atoms with Gasteiger partial charge in [0.05, 0.1) is 16.8 Å². The summed E-state index contributed by atoms with van der Waals surface area (Å²) in [6.07, 6.45) is -7.69. The van der Waals surface area contributed by atoms with Crippen molar-refractivity contribution in [2.75, 3.05) is 18.4 Å². The summed E-state index contributed by atoms with van der Waals surface area (Å²) in [5.41, 5.74) is -1.16. The molecule has 11 heteroatoms. The number of carbonyl (C=O) groups is 1. The van der Waals surface area contributed by atoms with Crippen LogP contribution in [-0.2, 0) is 17.2 Å². The minimum absolute atomic E-state index is 0.0418. The van der Waals surface area contributed by atoms with Crippen molar-refractivity contribution in [1.82, 2.24) is 4.90 Å². The molecule has 4 rings (SSSR count). The number of piperidine rings is 1. The summed E-state index contributed by atoms with van der Waals surface area (Å²) in [6.45, 7) is 0.585. The van der Waals surface area contributed by atoms with Crippen LogP contribution < -0.4 is 5.32 Å². The minimum atomic E-state index is -4.51. The highest BCUT2D eigenvalue weighted by atomic mass is 19.4. The second-order valence-electron chi connectivity index (χ2n) is 8.06. The monoisotopic (exact) mass is 471 g/mol. The van der Waals surface area contributed by atoms with Crippen LogP contribution in [0.15, 0.2) is 53.7 Å². The van der Waals surface area contributed by atoms with Crippen molar-refractivity contribution in [3.63, 3.8) is 0 Å². The van der Waals surface area contributed by atoms with E-state index in [0.29, 0.717) is 43.6 Å². The Morgan fingerprint density at radius 3 is 2.18 bits per heavy atom. The number of halogens is 6. The van der Waals surface area contributed by atoms with Crippen LogP contribution in [0.4, 0.5) is 36.8 Å². The normalized spacial score (nSPS) is 18.1. The molecule has 1 fully saturated rings. The molecule has 0 radical (unpaired) electrons. The van der Waals surface area contributed by atoms with Gasteiger partial charge < -0.3 is 15.1 Å². The lowest BCUT2D eigenvalue weighted by molar-refractivity contribution is -0.138. The number of nitrogens with zero attached hydrogens (tertiary/aromatic N) is 2. The second kappa shape index (κ2) is 8.27. The first-order valence-corrected chi connectivity index (χ1v) is 10.1. The van der Waals surface area contributed by atoms with Gasteiger partial charge in [-0.25, -0.2) is 4.79 Å². The molecular formula is C22H19F6N3O2. The first-order chi connectivity index (χ1) is 15.5. The number of likely N-dealkylation sites (tertiary alicyclic amines) is 1. The third kappa shape index (κ3) is 5.07. The Bertz CT molecular complexity index is 1060. The van der Waals surface area contributed by atoms with Crippen LogP contribution in [0, 0.1) is 0 Å². The average Bonchev–Trinajstić information content (AvgIpc) is 3.17. The number of nitrogens with one attached hydrogen (secondary N) is 1. The lowest BCUT2D eigenvalue weighted by Crippen LogP contribution is -2.48. The smallest absolute Gasteiger partial charge is 0.388 e. The van der Waals surface area contributed by atoms with E-state index >= 15 is 0 Å². The molecule has 2 amide bonds. The van der Waals surface area contributed by atoms with Gasteiger partial charge in [-0.3, -0.25) is 0 Å². The zero-order valence-corrected chi connectivity index (χ0v) is 17.1. The van der Waals surface area contributed by atoms with E-state index in [1.807, 2.05) is 0 Å². The number of benzene rings is 2. The molecule has 5 nitrogen and oxygen atoms in total. The van der Waals surface area contributed by atoms with Gasteiger partial charge >= 0.3 is 18.4 Å². The topological polar surface area (TPSA) is 53.9 Å². The van der Waals surface area contributed by atoms with Crippen molar-refractivity contribution in [2.45, 2.75) is 37.2 Å². The number of hydrogen-bond acceptors (Lipinski definition) is 3. The van der Waals surface area contributed by atoms with Crippen molar-refractivity contribution < 1.29 is 36.0 Å². The number of hydrogen-bond donors (Lipinski definition) is 1. The van der Waals surface area contributed by atoms with E-state index in [1.54, 1.807) is 0 Å². The highest BCUT2D eigenvalue weighted by Gasteiger charge is 2.43. The van der Waals surface area contributed by atoms with Gasteiger partial charge in [-0.2, -0.15) is 26.3 Å². The number of amides is 2. The van der Waals surface area contributed by atoms with E-state index in [0.717, 1.165) is 24.3 Å². The highest BCUT2D eigenvalue weighted by molar-refractivity contribution is 6.01. The van der Waals surface area contributed by atoms with Gasteiger partial charge in [0, 0.05) is 38.0 Å². The van der Waals surface area contributed by atoms with Crippen LogP contribution in [0.1, 0.15) is 36.0 Å². The summed E-state index contributed by atoms with van der Waals surface area (Å²) in [6, 6.07) is 8.54. The van der Waals surface area contributed by atoms with E-state index in [9.17, 15) is 31.1 Å². The predicted molar refractivity (Wildman–Crippen MR) is 108 cm³/mol. The summed E-state index contributed by atoms with van der Waals surface area (Å²) in [5.74, 6) is 0. The Morgan fingerprint density at radius 1 is 0.939 bits per heavy atom. The van der Waals surface area contributed by atoms with Crippen LogP contribution in [0.25, 0.3) is 0 Å². The molecule has 176 valence electrons. The van der Waals surface area contributed by atoms with E-state index in [2.05, 4.69) is 10.5 Å². The molecule has 0 bridgehead atoms. The molecule has 0 unspecified atom stereocenters. The van der Waals surface area contributed by atoms with Crippen molar-refractivity contribution >= 4 is 17.4 Å². The molecule has 1 spiro atoms. The van der Waals surface area contributed by atoms with Crippen LogP contribution in [0.3, 0.4) is 0 Å². The Kier molecular flexibility index (Phi) is 5.75. The van der Waals surface area contributed by atoms with Crippen LogP contribution in [0.2, 0.25) is 0 Å². The maximum Gasteiger partial charge on any atom is 0.416 e. The van der Waals surface area contributed by atoms with Gasteiger partial charge in [-0.15, -0.1) is 0 Å². The zero-order chi connectivity index (χ0) is 23.9. The van der Waals surface area contributed by atoms with Crippen molar-refractivity contribution in [3.8, 4) is 0 Å². The zero-order valence-electron chi connectivity index (χ0n) is 17.1. The lowest BCUT2D eigenvalue weighted by Gasteiger charge is -2.37. The Hall–Kier alpha value is -3.24. The van der Waals surface area contributed by atoms with E-state index in [1.165, 1.54) is 29.2 Å². The van der Waals surface area contributed by atoms with Crippen LogP contribution in [0.5, 0.6) is 0 Å². The van der Waals surface area contributed by atoms with Crippen molar-refractivity contribution in [1.29, 1.82) is 0 Å². The van der Waals surface area contributed by atoms with Gasteiger partial charge in [0.2, 0.25) is 0 Å². The van der Waals surface area contributed by atoms with Gasteiger partial charge in [0.15, 0.2) is 0 Å². The standard InChI is InChI=1S/C22H19F6N3O2/c23-21(24,25)15-6-4-14(5-7-15)18-13-20(33-30-18)8-10-31(11-9-20)19(32)29-17-3-1-2-16(12-17)22(26,27)28/h1-7,12H,8-11,13H2,(H,29,32). The maximum absolute atomic E-state index is 12.9. The predicted octanol–water partition coefficient (Wildman–Crippen LogP) is 5.92. The molecule has 0 saturated carbocycles. The fourth-order valence-corrected chi connectivity index (χ4v) is 3.89. The minimum Gasteiger partial charge on any atom is -0.388 e. The molecule has 2 aliphatic rings. The number of carbonyl (C=O) groups excluding carboxylic acids is 1. The second-order valence-corrected chi connectivity index (χ2v) is 8.06. The van der Waals surface area contributed by atoms with E-state index < -0.39 is 35.1 Å². The molecule has 0 aliphatic carbocycles. The van der Waals surface area contributed by atoms with Gasteiger partial charge in [-0.05, 0) is 35.9 Å². The molecule has 0 atom stereocenters. The average molecular weight is 471 g/mol. The first-order valence-electron chi connectivity index (χ1n) is 10.1. The molecule has 2 aliphatic heterocycles. The molecular weight excluding hydrogens is 452 g/mol. The number of alkyl halides is 6. The third-order valence-electron chi connectivity index (χ3n) is 5.79. The summed E-state index contributed by atoms with van der Waals surface area (Å²) >= 11 is 0. The third-order valence-corrected chi connectivity index (χ3v) is 5.79. The molecule has 1 saturated heterocycles. The number of anilines is 1. The van der Waals surface area contributed by atoms with Crippen LogP contribution >= 0.6 is 0 Å². The fourth-order valence-electron chi connectivity index (χ4n) is 3.89. The van der Waals surface area contributed by atoms with Gasteiger partial charge in [-0.1, -0.05) is 23.4 Å². The first kappa shape index (κ1) is 22.9. The number of oxime groups is 1. The number of rotatable bonds is 2. The Morgan fingerprint density at radius 2 is 1.58 bits per heavy atom. The quantitative estimate of drug-likeness (QED) is 0.554. The molecule has 2 heterocycles. The van der Waals surface area contributed by atoms with E-state index in [-0.39, 0.29) is 5.69 Å². The lowest BCUT2D eigenvalue weighted by atomic mass is 9.85. The summed E-state index contributed by atoms with van der Waals surface area (Å²) in [4.78, 5) is 19.6. The fraction of sp³-hybridized carbons (Fsp3) is 0.364. The molecule has 33 heavy (non-hydrogen) atoms. The summed E-state index contributed by atoms with van der Waals surface area (Å²) in [5, 5.41) is 6.54. The molecule has 1 N–H and O–H groups in total. The SMILES string of the molecule is O=C(Nc1cccc(C(F)(F)F)c1)N1CCC2(CC1)CC(c1ccc(C(F)(F)F)cc1)=NO2. The van der Waals surface area contributed by atoms with Gasteiger partial charge in [0.1, 0.15) is 5.60 Å². The van der Waals surface area contributed by atoms with E-state index in [4.69, 9.17) is 4.84 Å². The van der Waals surface area contributed by atoms with Crippen molar-refractivity contribution in [3.05, 3.63) is 65.2 Å². The number of urea groups is 1. The van der Waals surface area contributed by atoms with Gasteiger partial charge in [0.25, 0.3) is 0 Å². The Balaban J connectivity index is 1.33. The van der Waals surface area contributed by atoms with Crippen LogP contribution in [-0.4, -0.2) is 35.3 Å². The largest absolute Gasteiger partial charge is 0.416 e. The highest BCUT2D eigenvalue weighted by Crippen LogP contribution is 2.37. The maximum atomic E-state index is 12.9. The summed E-state index contributed by atoms with van der Waals surface area (Å²) < 4.78 is 76.8. The molecule has 2 aromatic carbocycles. The Labute approximate surface area is 185 Å². The molecule has 2 aromatic rings. The van der Waals surface area contributed by atoms with Crippen molar-refractivity contribution in [2.24, 2.45) is 5.16 Å². The summed E-state index contributed by atoms with van der Waals surface area (Å²) in [7, 11) is 0.